The van der Waals surface area contributed by atoms with E-state index in [9.17, 15) is 0 Å². The lowest BCUT2D eigenvalue weighted by Gasteiger charge is -2.05. The maximum Gasteiger partial charge on any atom is 0.183 e. The van der Waals surface area contributed by atoms with Crippen molar-refractivity contribution in [3.05, 3.63) is 23.7 Å². The number of rotatable bonds is 4. The molecule has 0 aliphatic heterocycles. The predicted molar refractivity (Wildman–Crippen MR) is 54.8 cm³/mol. The van der Waals surface area contributed by atoms with Crippen molar-refractivity contribution in [3.63, 3.8) is 0 Å². The first-order valence-electron chi connectivity index (χ1n) is 4.09. The van der Waals surface area contributed by atoms with Crippen molar-refractivity contribution in [2.45, 2.75) is 26.3 Å². The Morgan fingerprint density at radius 2 is 2.58 bits per heavy atom. The molecule has 1 atom stereocenters. The monoisotopic (exact) mass is 182 g/mol. The van der Waals surface area contributed by atoms with Crippen LogP contribution in [-0.4, -0.2) is 11.0 Å². The molecule has 0 aliphatic carbocycles. The summed E-state index contributed by atoms with van der Waals surface area (Å²) in [5.41, 5.74) is 1.15. The quantitative estimate of drug-likeness (QED) is 0.724. The van der Waals surface area contributed by atoms with Crippen molar-refractivity contribution in [1.82, 2.24) is 4.98 Å². The molecule has 3 heteroatoms. The van der Waals surface area contributed by atoms with E-state index in [0.29, 0.717) is 6.04 Å². The van der Waals surface area contributed by atoms with E-state index >= 15 is 0 Å². The van der Waals surface area contributed by atoms with Crippen molar-refractivity contribution >= 4 is 16.5 Å². The number of nitrogens with one attached hydrogen (secondary N) is 1. The first-order chi connectivity index (χ1) is 5.76. The molecule has 1 unspecified atom stereocenters. The number of anilines is 1. The van der Waals surface area contributed by atoms with Gasteiger partial charge in [-0.1, -0.05) is 13.0 Å². The van der Waals surface area contributed by atoms with Crippen LogP contribution in [0.1, 0.15) is 19.5 Å². The topological polar surface area (TPSA) is 24.9 Å². The van der Waals surface area contributed by atoms with Gasteiger partial charge in [-0.25, -0.2) is 4.98 Å². The Labute approximate surface area is 77.3 Å². The van der Waals surface area contributed by atoms with Crippen molar-refractivity contribution in [3.8, 4) is 0 Å². The van der Waals surface area contributed by atoms with Crippen LogP contribution in [0.25, 0.3) is 0 Å². The fourth-order valence-electron chi connectivity index (χ4n) is 0.789. The van der Waals surface area contributed by atoms with Gasteiger partial charge in [-0.15, -0.1) is 17.9 Å². The van der Waals surface area contributed by atoms with E-state index in [4.69, 9.17) is 0 Å². The van der Waals surface area contributed by atoms with Gasteiger partial charge in [0.15, 0.2) is 5.13 Å². The number of hydrogen-bond donors (Lipinski definition) is 1. The molecular formula is C9H14N2S. The third-order valence-corrected chi connectivity index (χ3v) is 2.44. The van der Waals surface area contributed by atoms with Crippen LogP contribution in [0.5, 0.6) is 0 Å². The van der Waals surface area contributed by atoms with E-state index in [1.807, 2.05) is 6.08 Å². The summed E-state index contributed by atoms with van der Waals surface area (Å²) in [7, 11) is 0. The number of nitrogens with zero attached hydrogens (tertiary/aromatic N) is 1. The summed E-state index contributed by atoms with van der Waals surface area (Å²) in [6.07, 6.45) is 2.87. The molecule has 12 heavy (non-hydrogen) atoms. The normalized spacial score (nSPS) is 12.5. The molecule has 1 aromatic heterocycles. The molecule has 2 nitrogen and oxygen atoms in total. The molecule has 0 spiro atoms. The highest BCUT2D eigenvalue weighted by atomic mass is 32.1. The minimum atomic E-state index is 0.292. The van der Waals surface area contributed by atoms with Gasteiger partial charge < -0.3 is 5.32 Å². The molecule has 0 bridgehead atoms. The van der Waals surface area contributed by atoms with Gasteiger partial charge in [0.05, 0.1) is 5.69 Å². The van der Waals surface area contributed by atoms with Gasteiger partial charge in [0.25, 0.3) is 0 Å². The van der Waals surface area contributed by atoms with E-state index < -0.39 is 0 Å². The van der Waals surface area contributed by atoms with Gasteiger partial charge in [0.2, 0.25) is 0 Å². The zero-order valence-electron chi connectivity index (χ0n) is 7.50. The van der Waals surface area contributed by atoms with Crippen LogP contribution >= 0.6 is 11.3 Å². The maximum absolute atomic E-state index is 4.38. The predicted octanol–water partition coefficient (Wildman–Crippen LogP) is 2.69. The molecule has 1 aromatic rings. The van der Waals surface area contributed by atoms with Crippen LogP contribution in [0.3, 0.4) is 0 Å². The molecule has 0 saturated heterocycles. The number of hydrogen-bond acceptors (Lipinski definition) is 3. The summed E-state index contributed by atoms with van der Waals surface area (Å²) >= 11 is 1.65. The summed E-state index contributed by atoms with van der Waals surface area (Å²) in [6.45, 7) is 7.86. The Morgan fingerprint density at radius 1 is 1.83 bits per heavy atom. The minimum absolute atomic E-state index is 0.292. The van der Waals surface area contributed by atoms with E-state index in [-0.39, 0.29) is 0 Å². The van der Waals surface area contributed by atoms with Gasteiger partial charge >= 0.3 is 0 Å². The van der Waals surface area contributed by atoms with E-state index in [1.54, 1.807) is 11.3 Å². The minimum Gasteiger partial charge on any atom is -0.356 e. The smallest absolute Gasteiger partial charge is 0.183 e. The standard InChI is InChI=1S/C9H14N2S/c1-4-7(3)10-9-11-8(5-2)6-12-9/h4,6-7H,1,5H2,2-3H3,(H,10,11). The third-order valence-electron chi connectivity index (χ3n) is 1.62. The highest BCUT2D eigenvalue weighted by molar-refractivity contribution is 7.13. The zero-order valence-corrected chi connectivity index (χ0v) is 8.32. The molecule has 1 heterocycles. The Bertz CT molecular complexity index is 255. The maximum atomic E-state index is 4.38. The molecule has 0 aliphatic rings. The SMILES string of the molecule is C=CC(C)Nc1nc(CC)cs1. The largest absolute Gasteiger partial charge is 0.356 e. The van der Waals surface area contributed by atoms with Crippen LogP contribution in [0, 0.1) is 0 Å². The Kier molecular flexibility index (Phi) is 3.29. The van der Waals surface area contributed by atoms with Crippen molar-refractivity contribution in [2.24, 2.45) is 0 Å². The summed E-state index contributed by atoms with van der Waals surface area (Å²) < 4.78 is 0. The molecule has 0 radical (unpaired) electrons. The van der Waals surface area contributed by atoms with E-state index in [2.05, 4.69) is 36.1 Å². The van der Waals surface area contributed by atoms with Gasteiger partial charge in [-0.2, -0.15) is 0 Å². The summed E-state index contributed by atoms with van der Waals surface area (Å²) in [6, 6.07) is 0.292. The molecule has 0 saturated carbocycles. The lowest BCUT2D eigenvalue weighted by Crippen LogP contribution is -2.10. The van der Waals surface area contributed by atoms with Crippen molar-refractivity contribution < 1.29 is 0 Å². The molecule has 1 N–H and O–H groups in total. The Balaban J connectivity index is 2.57. The van der Waals surface area contributed by atoms with Gasteiger partial charge in [-0.3, -0.25) is 0 Å². The fourth-order valence-corrected chi connectivity index (χ4v) is 1.68. The molecule has 0 amide bonds. The first kappa shape index (κ1) is 9.26. The van der Waals surface area contributed by atoms with Crippen molar-refractivity contribution in [2.75, 3.05) is 5.32 Å². The Morgan fingerprint density at radius 3 is 3.08 bits per heavy atom. The highest BCUT2D eigenvalue weighted by Crippen LogP contribution is 2.16. The molecular weight excluding hydrogens is 168 g/mol. The highest BCUT2D eigenvalue weighted by Gasteiger charge is 2.01. The first-order valence-corrected chi connectivity index (χ1v) is 4.97. The zero-order chi connectivity index (χ0) is 8.97. The van der Waals surface area contributed by atoms with Crippen LogP contribution in [0.2, 0.25) is 0 Å². The second-order valence-electron chi connectivity index (χ2n) is 2.67. The number of aryl methyl sites for hydroxylation is 1. The summed E-state index contributed by atoms with van der Waals surface area (Å²) in [5, 5.41) is 6.30. The van der Waals surface area contributed by atoms with E-state index in [0.717, 1.165) is 17.2 Å². The average Bonchev–Trinajstić information content (AvgIpc) is 2.52. The van der Waals surface area contributed by atoms with Gasteiger partial charge in [-0.05, 0) is 13.3 Å². The number of aromatic nitrogens is 1. The molecule has 0 aromatic carbocycles. The van der Waals surface area contributed by atoms with Gasteiger partial charge in [0, 0.05) is 11.4 Å². The third kappa shape index (κ3) is 2.34. The molecule has 66 valence electrons. The van der Waals surface area contributed by atoms with Crippen molar-refractivity contribution in [1.29, 1.82) is 0 Å². The second-order valence-corrected chi connectivity index (χ2v) is 3.52. The lowest BCUT2D eigenvalue weighted by molar-refractivity contribution is 0.981. The average molecular weight is 182 g/mol. The second kappa shape index (κ2) is 4.26. The van der Waals surface area contributed by atoms with Gasteiger partial charge in [0.1, 0.15) is 0 Å². The lowest BCUT2D eigenvalue weighted by atomic mass is 10.3. The molecule has 1 rings (SSSR count). The van der Waals surface area contributed by atoms with Crippen LogP contribution in [0.4, 0.5) is 5.13 Å². The summed E-state index contributed by atoms with van der Waals surface area (Å²) in [5.74, 6) is 0. The fraction of sp³-hybridized carbons (Fsp3) is 0.444. The van der Waals surface area contributed by atoms with Crippen LogP contribution in [0.15, 0.2) is 18.0 Å². The van der Waals surface area contributed by atoms with Crippen LogP contribution < -0.4 is 5.32 Å². The number of thiazole rings is 1. The summed E-state index contributed by atoms with van der Waals surface area (Å²) in [4.78, 5) is 4.38. The molecule has 0 fully saturated rings. The van der Waals surface area contributed by atoms with E-state index in [1.165, 1.54) is 0 Å². The van der Waals surface area contributed by atoms with Crippen LogP contribution in [-0.2, 0) is 6.42 Å². The Hall–Kier alpha value is -0.830.